The average molecular weight is 202 g/mol. The molecule has 0 spiro atoms. The number of fused-ring (bicyclic) bond motifs is 1. The molecule has 0 aromatic carbocycles. The molecule has 3 N–H and O–H groups in total. The zero-order valence-corrected chi connectivity index (χ0v) is 8.48. The summed E-state index contributed by atoms with van der Waals surface area (Å²) >= 11 is 0. The van der Waals surface area contributed by atoms with Crippen molar-refractivity contribution in [2.75, 3.05) is 18.8 Å². The predicted molar refractivity (Wildman–Crippen MR) is 59.8 cm³/mol. The van der Waals surface area contributed by atoms with Crippen LogP contribution in [-0.2, 0) is 0 Å². The molecule has 78 valence electrons. The third kappa shape index (κ3) is 1.37. The summed E-state index contributed by atoms with van der Waals surface area (Å²) in [5, 5.41) is 3.35. The van der Waals surface area contributed by atoms with Gasteiger partial charge in [0.1, 0.15) is 0 Å². The third-order valence-corrected chi connectivity index (χ3v) is 3.01. The van der Waals surface area contributed by atoms with E-state index in [0.717, 1.165) is 30.1 Å². The summed E-state index contributed by atoms with van der Waals surface area (Å²) in [5.74, 6) is 0.546. The smallest absolute Gasteiger partial charge is 0.160 e. The van der Waals surface area contributed by atoms with E-state index in [1.807, 2.05) is 22.7 Å². The highest BCUT2D eigenvalue weighted by atomic mass is 15.0. The van der Waals surface area contributed by atoms with Crippen LogP contribution in [0.15, 0.2) is 24.5 Å². The van der Waals surface area contributed by atoms with Gasteiger partial charge in [-0.2, -0.15) is 0 Å². The van der Waals surface area contributed by atoms with E-state index in [9.17, 15) is 0 Å². The van der Waals surface area contributed by atoms with E-state index in [2.05, 4.69) is 16.5 Å². The van der Waals surface area contributed by atoms with Crippen molar-refractivity contribution < 1.29 is 0 Å². The minimum Gasteiger partial charge on any atom is -0.396 e. The lowest BCUT2D eigenvalue weighted by Crippen LogP contribution is -2.08. The van der Waals surface area contributed by atoms with Crippen LogP contribution in [0.5, 0.6) is 0 Å². The Balaban J connectivity index is 2.09. The van der Waals surface area contributed by atoms with Crippen LogP contribution >= 0.6 is 0 Å². The topological polar surface area (TPSA) is 55.4 Å². The first kappa shape index (κ1) is 8.73. The van der Waals surface area contributed by atoms with Crippen LogP contribution < -0.4 is 11.1 Å². The summed E-state index contributed by atoms with van der Waals surface area (Å²) in [5.41, 5.74) is 8.64. The summed E-state index contributed by atoms with van der Waals surface area (Å²) in [7, 11) is 0. The molecule has 3 heterocycles. The first-order valence-electron chi connectivity index (χ1n) is 5.28. The number of hydrogen-bond acceptors (Lipinski definition) is 3. The standard InChI is InChI=1S/C11H14N4/c12-9-2-1-5-15-7-10(14-11(9)15)8-3-4-13-6-8/h1-2,5,7-8,13H,3-4,6,12H2. The molecule has 3 rings (SSSR count). The van der Waals surface area contributed by atoms with Crippen molar-refractivity contribution in [3.05, 3.63) is 30.2 Å². The van der Waals surface area contributed by atoms with Crippen LogP contribution in [0, 0.1) is 0 Å². The number of rotatable bonds is 1. The second-order valence-electron chi connectivity index (χ2n) is 4.05. The lowest BCUT2D eigenvalue weighted by atomic mass is 10.1. The Morgan fingerprint density at radius 1 is 1.53 bits per heavy atom. The molecule has 2 aromatic rings. The largest absolute Gasteiger partial charge is 0.396 e. The molecule has 0 radical (unpaired) electrons. The third-order valence-electron chi connectivity index (χ3n) is 3.01. The lowest BCUT2D eigenvalue weighted by molar-refractivity contribution is 0.742. The molecule has 15 heavy (non-hydrogen) atoms. The Bertz CT molecular complexity index is 482. The van der Waals surface area contributed by atoms with Gasteiger partial charge >= 0.3 is 0 Å². The molecule has 1 atom stereocenters. The molecule has 1 saturated heterocycles. The molecule has 0 amide bonds. The maximum absolute atomic E-state index is 5.87. The van der Waals surface area contributed by atoms with Gasteiger partial charge in [-0.05, 0) is 25.1 Å². The molecule has 0 saturated carbocycles. The Morgan fingerprint density at radius 3 is 3.20 bits per heavy atom. The fraction of sp³-hybridized carbons (Fsp3) is 0.364. The van der Waals surface area contributed by atoms with E-state index in [0.29, 0.717) is 5.92 Å². The number of hydrogen-bond donors (Lipinski definition) is 2. The van der Waals surface area contributed by atoms with Crippen LogP contribution in [0.3, 0.4) is 0 Å². The second-order valence-corrected chi connectivity index (χ2v) is 4.05. The first-order chi connectivity index (χ1) is 7.34. The zero-order chi connectivity index (χ0) is 10.3. The summed E-state index contributed by atoms with van der Waals surface area (Å²) in [4.78, 5) is 4.59. The highest BCUT2D eigenvalue weighted by Gasteiger charge is 2.19. The van der Waals surface area contributed by atoms with Gasteiger partial charge in [-0.15, -0.1) is 0 Å². The molecular weight excluding hydrogens is 188 g/mol. The summed E-state index contributed by atoms with van der Waals surface area (Å²) in [6.45, 7) is 2.12. The van der Waals surface area contributed by atoms with Gasteiger partial charge in [-0.1, -0.05) is 0 Å². The predicted octanol–water partition coefficient (Wildman–Crippen LogP) is 0.993. The van der Waals surface area contributed by atoms with Crippen molar-refractivity contribution in [2.24, 2.45) is 0 Å². The molecule has 0 aliphatic carbocycles. The minimum absolute atomic E-state index is 0.546. The van der Waals surface area contributed by atoms with Crippen molar-refractivity contribution in [3.8, 4) is 0 Å². The zero-order valence-electron chi connectivity index (χ0n) is 8.48. The van der Waals surface area contributed by atoms with Gasteiger partial charge < -0.3 is 15.5 Å². The van der Waals surface area contributed by atoms with Gasteiger partial charge in [0.05, 0.1) is 11.4 Å². The van der Waals surface area contributed by atoms with Crippen LogP contribution in [0.2, 0.25) is 0 Å². The Labute approximate surface area is 88.1 Å². The van der Waals surface area contributed by atoms with E-state index in [1.165, 1.54) is 6.42 Å². The first-order valence-corrected chi connectivity index (χ1v) is 5.28. The fourth-order valence-corrected chi connectivity index (χ4v) is 2.16. The fourth-order valence-electron chi connectivity index (χ4n) is 2.16. The highest BCUT2D eigenvalue weighted by Crippen LogP contribution is 2.23. The number of nitrogens with one attached hydrogen (secondary N) is 1. The number of anilines is 1. The van der Waals surface area contributed by atoms with E-state index < -0.39 is 0 Å². The van der Waals surface area contributed by atoms with E-state index in [1.54, 1.807) is 0 Å². The van der Waals surface area contributed by atoms with Crippen molar-refractivity contribution in [1.29, 1.82) is 0 Å². The lowest BCUT2D eigenvalue weighted by Gasteiger charge is -2.01. The van der Waals surface area contributed by atoms with E-state index >= 15 is 0 Å². The molecular formula is C11H14N4. The van der Waals surface area contributed by atoms with Gasteiger partial charge in [-0.3, -0.25) is 0 Å². The quantitative estimate of drug-likeness (QED) is 0.725. The minimum atomic E-state index is 0.546. The Hall–Kier alpha value is -1.55. The number of nitrogens with two attached hydrogens (primary N) is 1. The number of pyridine rings is 1. The van der Waals surface area contributed by atoms with Crippen LogP contribution in [0.1, 0.15) is 18.0 Å². The van der Waals surface area contributed by atoms with E-state index in [-0.39, 0.29) is 0 Å². The molecule has 4 heteroatoms. The normalized spacial score (nSPS) is 21.2. The maximum atomic E-state index is 5.87. The molecule has 1 fully saturated rings. The molecule has 1 unspecified atom stereocenters. The van der Waals surface area contributed by atoms with Crippen molar-refractivity contribution in [3.63, 3.8) is 0 Å². The van der Waals surface area contributed by atoms with Gasteiger partial charge in [0.15, 0.2) is 5.65 Å². The van der Waals surface area contributed by atoms with Gasteiger partial charge in [-0.25, -0.2) is 4.98 Å². The highest BCUT2D eigenvalue weighted by molar-refractivity contribution is 5.64. The SMILES string of the molecule is Nc1cccn2cc(C3CCNC3)nc12. The van der Waals surface area contributed by atoms with Crippen molar-refractivity contribution >= 4 is 11.3 Å². The second kappa shape index (κ2) is 3.24. The number of imidazole rings is 1. The molecule has 1 aliphatic heterocycles. The summed E-state index contributed by atoms with van der Waals surface area (Å²) < 4.78 is 2.00. The summed E-state index contributed by atoms with van der Waals surface area (Å²) in [6.07, 6.45) is 5.25. The number of nitrogen functional groups attached to an aromatic ring is 1. The van der Waals surface area contributed by atoms with Crippen LogP contribution in [-0.4, -0.2) is 22.5 Å². The van der Waals surface area contributed by atoms with Gasteiger partial charge in [0.2, 0.25) is 0 Å². The van der Waals surface area contributed by atoms with E-state index in [4.69, 9.17) is 5.73 Å². The molecule has 0 bridgehead atoms. The summed E-state index contributed by atoms with van der Waals surface area (Å²) in [6, 6.07) is 3.83. The molecule has 2 aromatic heterocycles. The van der Waals surface area contributed by atoms with Gasteiger partial charge in [0.25, 0.3) is 0 Å². The van der Waals surface area contributed by atoms with Crippen molar-refractivity contribution in [1.82, 2.24) is 14.7 Å². The molecule has 1 aliphatic rings. The molecule has 4 nitrogen and oxygen atoms in total. The number of nitrogens with zero attached hydrogens (tertiary/aromatic N) is 2. The number of aromatic nitrogens is 2. The van der Waals surface area contributed by atoms with Crippen LogP contribution in [0.25, 0.3) is 5.65 Å². The average Bonchev–Trinajstić information content (AvgIpc) is 2.86. The van der Waals surface area contributed by atoms with Gasteiger partial charge in [0, 0.05) is 24.9 Å². The van der Waals surface area contributed by atoms with Crippen molar-refractivity contribution in [2.45, 2.75) is 12.3 Å². The van der Waals surface area contributed by atoms with Crippen LogP contribution in [0.4, 0.5) is 5.69 Å². The Morgan fingerprint density at radius 2 is 2.47 bits per heavy atom. The Kier molecular flexibility index (Phi) is 1.89. The maximum Gasteiger partial charge on any atom is 0.160 e. The monoisotopic (exact) mass is 202 g/mol.